The number of allylic oxidation sites excluding steroid dienone is 1. The number of thioether (sulfide) groups is 1. The Kier molecular flexibility index (Phi) is 7.57. The zero-order valence-electron chi connectivity index (χ0n) is 17.5. The van der Waals surface area contributed by atoms with Gasteiger partial charge in [0.15, 0.2) is 0 Å². The first-order valence-corrected chi connectivity index (χ1v) is 11.0. The van der Waals surface area contributed by atoms with Crippen molar-refractivity contribution in [1.29, 1.82) is 5.26 Å². The van der Waals surface area contributed by atoms with E-state index in [-0.39, 0.29) is 17.2 Å². The molecule has 0 saturated carbocycles. The van der Waals surface area contributed by atoms with E-state index in [1.54, 1.807) is 55.5 Å². The van der Waals surface area contributed by atoms with Crippen LogP contribution < -0.4 is 15.8 Å². The van der Waals surface area contributed by atoms with Crippen LogP contribution in [0.1, 0.15) is 18.4 Å². The lowest BCUT2D eigenvalue weighted by molar-refractivity contribution is -0.118. The number of carbonyl (C=O) groups excluding carboxylic acids is 2. The van der Waals surface area contributed by atoms with Gasteiger partial charge in [-0.3, -0.25) is 9.59 Å². The molecule has 0 aliphatic carbocycles. The number of nitrogens with two attached hydrogens (primary N) is 1. The third-order valence-electron chi connectivity index (χ3n) is 4.96. The molecule has 0 aromatic heterocycles. The highest BCUT2D eigenvalue weighted by Crippen LogP contribution is 2.44. The number of carbonyl (C=O) groups is 2. The number of para-hydroxylation sites is 2. The number of hydrogen-bond donors (Lipinski definition) is 2. The van der Waals surface area contributed by atoms with Crippen LogP contribution in [0.4, 0.5) is 5.69 Å². The number of nitriles is 1. The highest BCUT2D eigenvalue weighted by atomic mass is 35.5. The molecule has 0 radical (unpaired) electrons. The SMILES string of the molecule is COc1ccccc1NC(=O)C1C(C)=NC(SCC(N)=O)=C(C#N)[C@@H]1c1ccccc1Cl. The van der Waals surface area contributed by atoms with Gasteiger partial charge in [-0.25, -0.2) is 4.99 Å². The maximum Gasteiger partial charge on any atom is 0.234 e. The van der Waals surface area contributed by atoms with Gasteiger partial charge in [-0.05, 0) is 30.7 Å². The van der Waals surface area contributed by atoms with Crippen LogP contribution in [0, 0.1) is 17.2 Å². The molecule has 0 saturated heterocycles. The third-order valence-corrected chi connectivity index (χ3v) is 6.32. The summed E-state index contributed by atoms with van der Waals surface area (Å²) in [6, 6.07) is 16.3. The number of halogens is 1. The number of aliphatic imine (C=N–C) groups is 1. The van der Waals surface area contributed by atoms with Gasteiger partial charge in [0.1, 0.15) is 10.8 Å². The van der Waals surface area contributed by atoms with E-state index >= 15 is 0 Å². The predicted octanol–water partition coefficient (Wildman–Crippen LogP) is 4.12. The van der Waals surface area contributed by atoms with Crippen LogP contribution in [0.3, 0.4) is 0 Å². The molecule has 0 spiro atoms. The van der Waals surface area contributed by atoms with E-state index in [1.807, 2.05) is 0 Å². The summed E-state index contributed by atoms with van der Waals surface area (Å²) in [6.45, 7) is 1.72. The second-order valence-corrected chi connectivity index (χ2v) is 8.38. The minimum Gasteiger partial charge on any atom is -0.495 e. The number of amides is 2. The molecule has 2 aromatic rings. The summed E-state index contributed by atoms with van der Waals surface area (Å²) in [6.07, 6.45) is 0. The van der Waals surface area contributed by atoms with E-state index in [1.165, 1.54) is 7.11 Å². The number of benzene rings is 2. The topological polar surface area (TPSA) is 118 Å². The number of methoxy groups -OCH3 is 1. The summed E-state index contributed by atoms with van der Waals surface area (Å²) in [7, 11) is 1.52. The van der Waals surface area contributed by atoms with Gasteiger partial charge in [0.2, 0.25) is 11.8 Å². The number of rotatable bonds is 7. The van der Waals surface area contributed by atoms with Crippen LogP contribution in [-0.4, -0.2) is 30.4 Å². The van der Waals surface area contributed by atoms with Gasteiger partial charge in [-0.2, -0.15) is 5.26 Å². The van der Waals surface area contributed by atoms with Crippen LogP contribution >= 0.6 is 23.4 Å². The Labute approximate surface area is 195 Å². The first-order valence-electron chi connectivity index (χ1n) is 9.66. The van der Waals surface area contributed by atoms with Crippen LogP contribution in [0.15, 0.2) is 64.1 Å². The minimum atomic E-state index is -0.799. The van der Waals surface area contributed by atoms with Gasteiger partial charge in [-0.1, -0.05) is 53.7 Å². The van der Waals surface area contributed by atoms with Crippen molar-refractivity contribution < 1.29 is 14.3 Å². The molecule has 32 heavy (non-hydrogen) atoms. The van der Waals surface area contributed by atoms with Gasteiger partial charge >= 0.3 is 0 Å². The van der Waals surface area contributed by atoms with Crippen molar-refractivity contribution in [3.63, 3.8) is 0 Å². The average molecular weight is 469 g/mol. The van der Waals surface area contributed by atoms with E-state index in [9.17, 15) is 14.9 Å². The number of ether oxygens (including phenoxy) is 1. The van der Waals surface area contributed by atoms with Crippen LogP contribution in [0.25, 0.3) is 0 Å². The normalized spacial score (nSPS) is 17.9. The van der Waals surface area contributed by atoms with Crippen molar-refractivity contribution in [2.75, 3.05) is 18.2 Å². The zero-order chi connectivity index (χ0) is 23.3. The van der Waals surface area contributed by atoms with Crippen molar-refractivity contribution in [3.05, 3.63) is 69.7 Å². The molecule has 1 heterocycles. The third kappa shape index (κ3) is 4.96. The molecule has 2 aromatic carbocycles. The summed E-state index contributed by atoms with van der Waals surface area (Å²) >= 11 is 7.55. The fourth-order valence-corrected chi connectivity index (χ4v) is 4.63. The maximum absolute atomic E-state index is 13.5. The second kappa shape index (κ2) is 10.4. The molecule has 164 valence electrons. The van der Waals surface area contributed by atoms with Crippen molar-refractivity contribution in [3.8, 4) is 11.8 Å². The zero-order valence-corrected chi connectivity index (χ0v) is 19.0. The molecular weight excluding hydrogens is 448 g/mol. The first kappa shape index (κ1) is 23.4. The molecule has 0 bridgehead atoms. The van der Waals surface area contributed by atoms with Crippen molar-refractivity contribution in [2.45, 2.75) is 12.8 Å². The van der Waals surface area contributed by atoms with Crippen molar-refractivity contribution in [2.24, 2.45) is 16.6 Å². The lowest BCUT2D eigenvalue weighted by Gasteiger charge is -2.31. The predicted molar refractivity (Wildman–Crippen MR) is 127 cm³/mol. The molecule has 1 unspecified atom stereocenters. The van der Waals surface area contributed by atoms with Crippen LogP contribution in [0.5, 0.6) is 5.75 Å². The summed E-state index contributed by atoms with van der Waals surface area (Å²) in [5, 5.41) is 13.7. The summed E-state index contributed by atoms with van der Waals surface area (Å²) in [4.78, 5) is 29.3. The van der Waals surface area contributed by atoms with Gasteiger partial charge in [-0.15, -0.1) is 0 Å². The highest BCUT2D eigenvalue weighted by molar-refractivity contribution is 8.03. The summed E-state index contributed by atoms with van der Waals surface area (Å²) in [5.74, 6) is -1.90. The van der Waals surface area contributed by atoms with E-state index in [0.29, 0.717) is 32.8 Å². The van der Waals surface area contributed by atoms with Gasteiger partial charge in [0.25, 0.3) is 0 Å². The molecule has 3 rings (SSSR count). The molecule has 3 N–H and O–H groups in total. The molecule has 2 atom stereocenters. The highest BCUT2D eigenvalue weighted by Gasteiger charge is 2.40. The first-order chi connectivity index (χ1) is 15.4. The van der Waals surface area contributed by atoms with Gasteiger partial charge in [0, 0.05) is 16.7 Å². The fraction of sp³-hybridized carbons (Fsp3) is 0.217. The quantitative estimate of drug-likeness (QED) is 0.633. The number of primary amides is 1. The van der Waals surface area contributed by atoms with Crippen molar-refractivity contribution >= 4 is 46.6 Å². The largest absolute Gasteiger partial charge is 0.495 e. The Morgan fingerprint density at radius 1 is 1.25 bits per heavy atom. The van der Waals surface area contributed by atoms with Gasteiger partial charge in [0.05, 0.1) is 36.1 Å². The van der Waals surface area contributed by atoms with E-state index in [2.05, 4.69) is 16.4 Å². The average Bonchev–Trinajstić information content (AvgIpc) is 2.77. The Hall–Kier alpha value is -3.28. The Bertz CT molecular complexity index is 1160. The Morgan fingerprint density at radius 2 is 1.94 bits per heavy atom. The number of anilines is 1. The van der Waals surface area contributed by atoms with E-state index in [4.69, 9.17) is 22.1 Å². The second-order valence-electron chi connectivity index (χ2n) is 7.01. The number of nitrogens with one attached hydrogen (secondary N) is 1. The minimum absolute atomic E-state index is 0.0371. The van der Waals surface area contributed by atoms with Crippen molar-refractivity contribution in [1.82, 2.24) is 0 Å². The van der Waals surface area contributed by atoms with Crippen LogP contribution in [0.2, 0.25) is 5.02 Å². The maximum atomic E-state index is 13.5. The smallest absolute Gasteiger partial charge is 0.234 e. The monoisotopic (exact) mass is 468 g/mol. The summed E-state index contributed by atoms with van der Waals surface area (Å²) < 4.78 is 5.33. The Balaban J connectivity index is 2.09. The van der Waals surface area contributed by atoms with E-state index in [0.717, 1.165) is 11.8 Å². The molecule has 1 aliphatic rings. The number of hydrogen-bond acceptors (Lipinski definition) is 6. The molecule has 2 amide bonds. The molecule has 9 heteroatoms. The molecule has 0 fully saturated rings. The molecule has 1 aliphatic heterocycles. The fourth-order valence-electron chi connectivity index (χ4n) is 3.56. The standard InChI is InChI=1S/C23H21ClN4O3S/c1-13-20(22(30)28-17-9-5-6-10-18(17)31-2)21(14-7-3-4-8-16(14)24)15(11-25)23(27-13)32-12-19(26)29/h3-10,20-21H,12H2,1-2H3,(H2,26,29)(H,28,30)/t20?,21-/m0/s1. The lowest BCUT2D eigenvalue weighted by atomic mass is 9.76. The molecular formula is C23H21ClN4O3S. The van der Waals surface area contributed by atoms with Gasteiger partial charge < -0.3 is 15.8 Å². The lowest BCUT2D eigenvalue weighted by Crippen LogP contribution is -2.36. The molecule has 7 nitrogen and oxygen atoms in total. The number of nitrogens with zero attached hydrogens (tertiary/aromatic N) is 2. The Morgan fingerprint density at radius 3 is 2.59 bits per heavy atom. The summed E-state index contributed by atoms with van der Waals surface area (Å²) in [5.41, 5.74) is 7.16. The van der Waals surface area contributed by atoms with Crippen LogP contribution in [-0.2, 0) is 9.59 Å². The van der Waals surface area contributed by atoms with E-state index < -0.39 is 17.7 Å².